The number of phenols is 1. The second-order valence-electron chi connectivity index (χ2n) is 7.21. The van der Waals surface area contributed by atoms with Crippen LogP contribution in [0.1, 0.15) is 46.0 Å². The Morgan fingerprint density at radius 1 is 0.938 bits per heavy atom. The predicted molar refractivity (Wildman–Crippen MR) is 127 cm³/mol. The van der Waals surface area contributed by atoms with Crippen molar-refractivity contribution in [2.45, 2.75) is 50.8 Å². The summed E-state index contributed by atoms with van der Waals surface area (Å²) in [5, 5.41) is 18.1. The van der Waals surface area contributed by atoms with Crippen molar-refractivity contribution < 1.29 is 23.1 Å². The van der Waals surface area contributed by atoms with Crippen molar-refractivity contribution in [3.8, 4) is 5.75 Å². The van der Waals surface area contributed by atoms with Crippen molar-refractivity contribution in [1.29, 1.82) is 0 Å². The molecular weight excluding hydrogens is 454 g/mol. The molecule has 4 N–H and O–H groups in total. The molecular formula is C22H28ClN3O5S. The third kappa shape index (κ3) is 7.42. The summed E-state index contributed by atoms with van der Waals surface area (Å²) in [4.78, 5) is 24.5. The Balaban J connectivity index is 1.98. The second-order valence-corrected chi connectivity index (χ2v) is 9.90. The maximum atomic E-state index is 12.3. The largest absolute Gasteiger partial charge is 0.506 e. The molecule has 0 atom stereocenters. The standard InChI is InChI=1S/C22H28ClN3O5S/c1-3-5-6-7-8-21(28)25-18-14-20(27)19(13-17(18)23)26-22(29)24-15-9-11-16(12-10-15)32(30,31)4-2/h9-14,27H,3-8H2,1-2H3,(H,25,28)(H2,24,26,29). The van der Waals surface area contributed by atoms with Gasteiger partial charge in [0.15, 0.2) is 9.84 Å². The van der Waals surface area contributed by atoms with Crippen molar-refractivity contribution in [2.75, 3.05) is 21.7 Å². The Hall–Kier alpha value is -2.78. The lowest BCUT2D eigenvalue weighted by Crippen LogP contribution is -2.19. The fourth-order valence-corrected chi connectivity index (χ4v) is 3.97. The zero-order valence-electron chi connectivity index (χ0n) is 18.1. The average Bonchev–Trinajstić information content (AvgIpc) is 2.75. The Kier molecular flexibility index (Phi) is 9.34. The number of urea groups is 1. The van der Waals surface area contributed by atoms with E-state index in [1.54, 1.807) is 6.92 Å². The quantitative estimate of drug-likeness (QED) is 0.267. The van der Waals surface area contributed by atoms with Crippen molar-refractivity contribution in [2.24, 2.45) is 0 Å². The number of benzene rings is 2. The minimum Gasteiger partial charge on any atom is -0.506 e. The first kappa shape index (κ1) is 25.5. The summed E-state index contributed by atoms with van der Waals surface area (Å²) in [6, 6.07) is 7.69. The van der Waals surface area contributed by atoms with Crippen LogP contribution in [0, 0.1) is 0 Å². The molecule has 0 aliphatic rings. The van der Waals surface area contributed by atoms with Gasteiger partial charge in [0.1, 0.15) is 5.75 Å². The van der Waals surface area contributed by atoms with E-state index in [0.29, 0.717) is 12.1 Å². The van der Waals surface area contributed by atoms with Crippen molar-refractivity contribution in [3.63, 3.8) is 0 Å². The van der Waals surface area contributed by atoms with Gasteiger partial charge in [0.25, 0.3) is 0 Å². The summed E-state index contributed by atoms with van der Waals surface area (Å²) in [5.41, 5.74) is 0.678. The minimum atomic E-state index is -3.33. The molecule has 0 unspecified atom stereocenters. The number of halogens is 1. The van der Waals surface area contributed by atoms with Gasteiger partial charge >= 0.3 is 6.03 Å². The second kappa shape index (κ2) is 11.7. The number of carbonyl (C=O) groups excluding carboxylic acids is 2. The van der Waals surface area contributed by atoms with Crippen LogP contribution < -0.4 is 16.0 Å². The van der Waals surface area contributed by atoms with E-state index in [9.17, 15) is 23.1 Å². The Morgan fingerprint density at radius 3 is 2.25 bits per heavy atom. The SMILES string of the molecule is CCCCCCC(=O)Nc1cc(O)c(NC(=O)Nc2ccc(S(=O)(=O)CC)cc2)cc1Cl. The van der Waals surface area contributed by atoms with E-state index < -0.39 is 15.9 Å². The van der Waals surface area contributed by atoms with Gasteiger partial charge in [0.2, 0.25) is 5.91 Å². The molecule has 8 nitrogen and oxygen atoms in total. The van der Waals surface area contributed by atoms with Crippen LogP contribution in [0.3, 0.4) is 0 Å². The summed E-state index contributed by atoms with van der Waals surface area (Å²) in [7, 11) is -3.33. The Labute approximate surface area is 193 Å². The van der Waals surface area contributed by atoms with E-state index in [2.05, 4.69) is 22.9 Å². The Morgan fingerprint density at radius 2 is 1.62 bits per heavy atom. The third-order valence-electron chi connectivity index (χ3n) is 4.72. The van der Waals surface area contributed by atoms with Gasteiger partial charge in [-0.2, -0.15) is 0 Å². The third-order valence-corrected chi connectivity index (χ3v) is 6.78. The first-order valence-electron chi connectivity index (χ1n) is 10.4. The van der Waals surface area contributed by atoms with Crippen molar-refractivity contribution in [1.82, 2.24) is 0 Å². The predicted octanol–water partition coefficient (Wildman–Crippen LogP) is 5.39. The van der Waals surface area contributed by atoms with Gasteiger partial charge in [0.05, 0.1) is 27.0 Å². The molecule has 0 bridgehead atoms. The molecule has 0 fully saturated rings. The number of aromatic hydroxyl groups is 1. The molecule has 0 spiro atoms. The zero-order chi connectivity index (χ0) is 23.7. The lowest BCUT2D eigenvalue weighted by atomic mass is 10.1. The van der Waals surface area contributed by atoms with Crippen LogP contribution in [-0.4, -0.2) is 31.2 Å². The maximum Gasteiger partial charge on any atom is 0.323 e. The molecule has 0 saturated heterocycles. The fraction of sp³-hybridized carbons (Fsp3) is 0.364. The first-order valence-corrected chi connectivity index (χ1v) is 12.4. The number of anilines is 3. The van der Waals surface area contributed by atoms with Crippen LogP contribution in [0.2, 0.25) is 5.02 Å². The molecule has 174 valence electrons. The lowest BCUT2D eigenvalue weighted by Gasteiger charge is -2.13. The number of hydrogen-bond donors (Lipinski definition) is 4. The molecule has 0 aliphatic heterocycles. The summed E-state index contributed by atoms with van der Waals surface area (Å²) < 4.78 is 23.7. The van der Waals surface area contributed by atoms with E-state index >= 15 is 0 Å². The lowest BCUT2D eigenvalue weighted by molar-refractivity contribution is -0.116. The molecule has 32 heavy (non-hydrogen) atoms. The Bertz CT molecular complexity index is 1060. The molecule has 0 aromatic heterocycles. The topological polar surface area (TPSA) is 125 Å². The number of nitrogens with one attached hydrogen (secondary N) is 3. The number of carbonyl (C=O) groups is 2. The summed E-state index contributed by atoms with van der Waals surface area (Å²) >= 11 is 6.19. The number of sulfone groups is 1. The summed E-state index contributed by atoms with van der Waals surface area (Å²) in [6.45, 7) is 3.64. The molecule has 0 radical (unpaired) electrons. The van der Waals surface area contributed by atoms with Crippen molar-refractivity contribution >= 4 is 50.4 Å². The molecule has 3 amide bonds. The molecule has 2 aromatic carbocycles. The van der Waals surface area contributed by atoms with Gasteiger partial charge in [-0.15, -0.1) is 0 Å². The number of unbranched alkanes of at least 4 members (excludes halogenated alkanes) is 3. The average molecular weight is 482 g/mol. The van der Waals surface area contributed by atoms with E-state index in [4.69, 9.17) is 11.6 Å². The molecule has 2 rings (SSSR count). The van der Waals surface area contributed by atoms with Gasteiger partial charge in [-0.3, -0.25) is 4.79 Å². The maximum absolute atomic E-state index is 12.3. The monoisotopic (exact) mass is 481 g/mol. The van der Waals surface area contributed by atoms with E-state index in [1.165, 1.54) is 36.4 Å². The zero-order valence-corrected chi connectivity index (χ0v) is 19.6. The normalized spacial score (nSPS) is 11.1. The summed E-state index contributed by atoms with van der Waals surface area (Å²) in [6.07, 6.45) is 4.25. The molecule has 0 heterocycles. The van der Waals surface area contributed by atoms with Gasteiger partial charge in [-0.25, -0.2) is 13.2 Å². The van der Waals surface area contributed by atoms with Crippen molar-refractivity contribution in [3.05, 3.63) is 41.4 Å². The molecule has 2 aromatic rings. The van der Waals surface area contributed by atoms with E-state index in [0.717, 1.165) is 25.7 Å². The van der Waals surface area contributed by atoms with Gasteiger partial charge in [-0.1, -0.05) is 44.7 Å². The molecule has 10 heteroatoms. The van der Waals surface area contributed by atoms with E-state index in [-0.39, 0.29) is 38.7 Å². The molecule has 0 aliphatic carbocycles. The summed E-state index contributed by atoms with van der Waals surface area (Å²) in [5.74, 6) is -0.486. The first-order chi connectivity index (χ1) is 15.2. The molecule has 0 saturated carbocycles. The van der Waals surface area contributed by atoms with Crippen LogP contribution in [0.5, 0.6) is 5.75 Å². The van der Waals surface area contributed by atoms with Crippen LogP contribution in [-0.2, 0) is 14.6 Å². The highest BCUT2D eigenvalue weighted by molar-refractivity contribution is 7.91. The highest BCUT2D eigenvalue weighted by Crippen LogP contribution is 2.34. The van der Waals surface area contributed by atoms with Gasteiger partial charge < -0.3 is 21.1 Å². The number of phenolic OH excluding ortho intramolecular Hbond substituents is 1. The van der Waals surface area contributed by atoms with Crippen LogP contribution >= 0.6 is 11.6 Å². The van der Waals surface area contributed by atoms with Crippen LogP contribution in [0.4, 0.5) is 21.9 Å². The highest BCUT2D eigenvalue weighted by Gasteiger charge is 2.14. The van der Waals surface area contributed by atoms with Crippen LogP contribution in [0.25, 0.3) is 0 Å². The fourth-order valence-electron chi connectivity index (χ4n) is 2.88. The smallest absolute Gasteiger partial charge is 0.323 e. The number of rotatable bonds is 10. The number of hydrogen-bond acceptors (Lipinski definition) is 5. The van der Waals surface area contributed by atoms with E-state index in [1.807, 2.05) is 0 Å². The van der Waals surface area contributed by atoms with Crippen LogP contribution in [0.15, 0.2) is 41.3 Å². The van der Waals surface area contributed by atoms with Gasteiger partial charge in [-0.05, 0) is 36.8 Å². The minimum absolute atomic E-state index is 0.0182. The highest BCUT2D eigenvalue weighted by atomic mass is 35.5. The van der Waals surface area contributed by atoms with Gasteiger partial charge in [0, 0.05) is 18.2 Å². The number of amides is 3.